The SMILES string of the molecule is CCCCOCCCNCc1ccc(SC)cc1.Cl. The Bertz CT molecular complexity index is 306. The van der Waals surface area contributed by atoms with Crippen molar-refractivity contribution in [2.24, 2.45) is 0 Å². The lowest BCUT2D eigenvalue weighted by molar-refractivity contribution is 0.129. The third-order valence-corrected chi connectivity index (χ3v) is 3.52. The van der Waals surface area contributed by atoms with Gasteiger partial charge in [-0.2, -0.15) is 0 Å². The number of hydrogen-bond acceptors (Lipinski definition) is 3. The lowest BCUT2D eigenvalue weighted by Gasteiger charge is -2.06. The fourth-order valence-electron chi connectivity index (χ4n) is 1.62. The van der Waals surface area contributed by atoms with Gasteiger partial charge in [-0.05, 0) is 43.3 Å². The zero-order valence-electron chi connectivity index (χ0n) is 12.0. The second-order valence-electron chi connectivity index (χ2n) is 4.34. The molecular formula is C15H26ClNOS. The number of ether oxygens (including phenoxy) is 1. The first-order valence-corrected chi connectivity index (χ1v) is 8.00. The summed E-state index contributed by atoms with van der Waals surface area (Å²) in [7, 11) is 0. The molecule has 1 N–H and O–H groups in total. The molecule has 0 amide bonds. The van der Waals surface area contributed by atoms with E-state index < -0.39 is 0 Å². The molecule has 0 aliphatic heterocycles. The monoisotopic (exact) mass is 303 g/mol. The first kappa shape index (κ1) is 18.8. The van der Waals surface area contributed by atoms with Gasteiger partial charge >= 0.3 is 0 Å². The summed E-state index contributed by atoms with van der Waals surface area (Å²) in [5.41, 5.74) is 1.35. The quantitative estimate of drug-likeness (QED) is 0.519. The molecule has 1 aromatic carbocycles. The molecule has 19 heavy (non-hydrogen) atoms. The minimum Gasteiger partial charge on any atom is -0.381 e. The summed E-state index contributed by atoms with van der Waals surface area (Å²) in [6, 6.07) is 8.73. The highest BCUT2D eigenvalue weighted by Crippen LogP contribution is 2.14. The minimum absolute atomic E-state index is 0. The van der Waals surface area contributed by atoms with Crippen molar-refractivity contribution >= 4 is 24.2 Å². The van der Waals surface area contributed by atoms with Crippen LogP contribution in [0.1, 0.15) is 31.7 Å². The molecule has 0 bridgehead atoms. The van der Waals surface area contributed by atoms with Gasteiger partial charge in [-0.25, -0.2) is 0 Å². The third-order valence-electron chi connectivity index (χ3n) is 2.77. The fraction of sp³-hybridized carbons (Fsp3) is 0.600. The van der Waals surface area contributed by atoms with Crippen molar-refractivity contribution in [1.82, 2.24) is 5.32 Å². The van der Waals surface area contributed by atoms with E-state index in [2.05, 4.69) is 42.8 Å². The molecule has 0 spiro atoms. The van der Waals surface area contributed by atoms with E-state index in [4.69, 9.17) is 4.74 Å². The average Bonchev–Trinajstić information content (AvgIpc) is 2.42. The number of thioether (sulfide) groups is 1. The maximum absolute atomic E-state index is 5.51. The topological polar surface area (TPSA) is 21.3 Å². The van der Waals surface area contributed by atoms with Crippen LogP contribution in [0.2, 0.25) is 0 Å². The van der Waals surface area contributed by atoms with Crippen LogP contribution in [0.15, 0.2) is 29.2 Å². The Morgan fingerprint density at radius 2 is 1.79 bits per heavy atom. The van der Waals surface area contributed by atoms with Gasteiger partial charge in [0, 0.05) is 24.7 Å². The molecule has 0 aliphatic rings. The largest absolute Gasteiger partial charge is 0.381 e. The van der Waals surface area contributed by atoms with Gasteiger partial charge in [0.15, 0.2) is 0 Å². The third kappa shape index (κ3) is 9.33. The Kier molecular flexibility index (Phi) is 12.6. The summed E-state index contributed by atoms with van der Waals surface area (Å²) in [6.45, 7) is 5.94. The molecule has 0 fully saturated rings. The van der Waals surface area contributed by atoms with E-state index in [9.17, 15) is 0 Å². The van der Waals surface area contributed by atoms with Gasteiger partial charge in [0.25, 0.3) is 0 Å². The molecule has 0 aromatic heterocycles. The van der Waals surface area contributed by atoms with Gasteiger partial charge in [0.05, 0.1) is 0 Å². The van der Waals surface area contributed by atoms with Crippen LogP contribution in [-0.4, -0.2) is 26.0 Å². The van der Waals surface area contributed by atoms with Gasteiger partial charge in [-0.3, -0.25) is 0 Å². The average molecular weight is 304 g/mol. The van der Waals surface area contributed by atoms with Crippen molar-refractivity contribution in [2.75, 3.05) is 26.0 Å². The molecule has 4 heteroatoms. The summed E-state index contributed by atoms with van der Waals surface area (Å²) < 4.78 is 5.51. The Morgan fingerprint density at radius 3 is 2.42 bits per heavy atom. The van der Waals surface area contributed by atoms with Crippen LogP contribution >= 0.6 is 24.2 Å². The zero-order chi connectivity index (χ0) is 13.1. The predicted molar refractivity (Wildman–Crippen MR) is 87.5 cm³/mol. The maximum Gasteiger partial charge on any atom is 0.0478 e. The molecule has 0 aliphatic carbocycles. The van der Waals surface area contributed by atoms with E-state index in [1.54, 1.807) is 11.8 Å². The van der Waals surface area contributed by atoms with Gasteiger partial charge in [-0.15, -0.1) is 24.2 Å². The smallest absolute Gasteiger partial charge is 0.0478 e. The van der Waals surface area contributed by atoms with Crippen LogP contribution in [-0.2, 0) is 11.3 Å². The first-order valence-electron chi connectivity index (χ1n) is 6.78. The van der Waals surface area contributed by atoms with E-state index in [-0.39, 0.29) is 12.4 Å². The molecule has 0 radical (unpaired) electrons. The zero-order valence-corrected chi connectivity index (χ0v) is 13.6. The Balaban J connectivity index is 0.00000324. The number of benzene rings is 1. The van der Waals surface area contributed by atoms with Crippen molar-refractivity contribution in [3.8, 4) is 0 Å². The molecule has 110 valence electrons. The number of rotatable bonds is 10. The molecular weight excluding hydrogens is 278 g/mol. The minimum atomic E-state index is 0. The van der Waals surface area contributed by atoms with E-state index in [1.807, 2.05) is 0 Å². The summed E-state index contributed by atoms with van der Waals surface area (Å²) in [5.74, 6) is 0. The van der Waals surface area contributed by atoms with Gasteiger partial charge in [0.1, 0.15) is 0 Å². The normalized spacial score (nSPS) is 10.2. The molecule has 0 atom stereocenters. The second-order valence-corrected chi connectivity index (χ2v) is 5.22. The molecule has 0 heterocycles. The highest BCUT2D eigenvalue weighted by atomic mass is 35.5. The molecule has 1 aromatic rings. The van der Waals surface area contributed by atoms with Crippen LogP contribution in [0.25, 0.3) is 0 Å². The van der Waals surface area contributed by atoms with Crippen LogP contribution < -0.4 is 5.32 Å². The van der Waals surface area contributed by atoms with Gasteiger partial charge in [0.2, 0.25) is 0 Å². The van der Waals surface area contributed by atoms with Crippen molar-refractivity contribution in [3.05, 3.63) is 29.8 Å². The van der Waals surface area contributed by atoms with Gasteiger partial charge < -0.3 is 10.1 Å². The lowest BCUT2D eigenvalue weighted by Crippen LogP contribution is -2.16. The number of halogens is 1. The molecule has 0 saturated carbocycles. The lowest BCUT2D eigenvalue weighted by atomic mass is 10.2. The Morgan fingerprint density at radius 1 is 1.11 bits per heavy atom. The van der Waals surface area contributed by atoms with Crippen molar-refractivity contribution < 1.29 is 4.74 Å². The van der Waals surface area contributed by atoms with Crippen molar-refractivity contribution in [1.29, 1.82) is 0 Å². The van der Waals surface area contributed by atoms with E-state index in [0.29, 0.717) is 0 Å². The van der Waals surface area contributed by atoms with Crippen molar-refractivity contribution in [2.45, 2.75) is 37.6 Å². The summed E-state index contributed by atoms with van der Waals surface area (Å²) in [5, 5.41) is 3.44. The van der Waals surface area contributed by atoms with Gasteiger partial charge in [-0.1, -0.05) is 25.5 Å². The van der Waals surface area contributed by atoms with Crippen LogP contribution in [0.4, 0.5) is 0 Å². The molecule has 0 unspecified atom stereocenters. The molecule has 2 nitrogen and oxygen atoms in total. The number of hydrogen-bond donors (Lipinski definition) is 1. The Hall–Kier alpha value is -0.220. The van der Waals surface area contributed by atoms with Crippen LogP contribution in [0.3, 0.4) is 0 Å². The summed E-state index contributed by atoms with van der Waals surface area (Å²) in [4.78, 5) is 1.32. The summed E-state index contributed by atoms with van der Waals surface area (Å²) in [6.07, 6.45) is 5.58. The van der Waals surface area contributed by atoms with Crippen LogP contribution in [0, 0.1) is 0 Å². The standard InChI is InChI=1S/C15H25NOS.ClH/c1-3-4-11-17-12-5-10-16-13-14-6-8-15(18-2)9-7-14;/h6-9,16H,3-5,10-13H2,1-2H3;1H. The second kappa shape index (κ2) is 12.8. The van der Waals surface area contributed by atoms with E-state index in [0.717, 1.165) is 32.7 Å². The highest BCUT2D eigenvalue weighted by molar-refractivity contribution is 7.98. The highest BCUT2D eigenvalue weighted by Gasteiger charge is 1.94. The van der Waals surface area contributed by atoms with Crippen molar-refractivity contribution in [3.63, 3.8) is 0 Å². The van der Waals surface area contributed by atoms with E-state index >= 15 is 0 Å². The van der Waals surface area contributed by atoms with Crippen LogP contribution in [0.5, 0.6) is 0 Å². The maximum atomic E-state index is 5.51. The number of nitrogens with one attached hydrogen (secondary N) is 1. The Labute approximate surface area is 128 Å². The predicted octanol–water partition coefficient (Wildman–Crippen LogP) is 4.13. The fourth-order valence-corrected chi connectivity index (χ4v) is 2.03. The van der Waals surface area contributed by atoms with E-state index in [1.165, 1.54) is 23.3 Å². The molecule has 0 saturated heterocycles. The number of unbranched alkanes of at least 4 members (excludes halogenated alkanes) is 1. The summed E-state index contributed by atoms with van der Waals surface area (Å²) >= 11 is 1.78. The molecule has 1 rings (SSSR count). The first-order chi connectivity index (χ1) is 8.86.